The third-order valence-electron chi connectivity index (χ3n) is 4.12. The lowest BCUT2D eigenvalue weighted by molar-refractivity contribution is 0.423. The number of unbranched alkanes of at least 4 members (excludes halogenated alkanes) is 5. The molecule has 1 aromatic rings. The molecule has 0 saturated heterocycles. The molecule has 0 amide bonds. The van der Waals surface area contributed by atoms with Crippen molar-refractivity contribution < 1.29 is 0 Å². The fourth-order valence-electron chi connectivity index (χ4n) is 2.81. The summed E-state index contributed by atoms with van der Waals surface area (Å²) < 4.78 is 1.26. The Bertz CT molecular complexity index is 364. The fraction of sp³-hybridized carbons (Fsp3) is 0.684. The Hall–Kier alpha value is -0.340. The molecule has 1 N–H and O–H groups in total. The number of nitrogens with one attached hydrogen (secondary N) is 1. The molecule has 0 fully saturated rings. The Morgan fingerprint density at radius 1 is 1.00 bits per heavy atom. The average Bonchev–Trinajstić information content (AvgIpc) is 2.50. The van der Waals surface area contributed by atoms with Crippen molar-refractivity contribution in [2.75, 3.05) is 13.1 Å². The van der Waals surface area contributed by atoms with E-state index in [1.807, 2.05) is 0 Å². The van der Waals surface area contributed by atoms with Crippen molar-refractivity contribution in [3.05, 3.63) is 34.3 Å². The summed E-state index contributed by atoms with van der Waals surface area (Å²) in [5.74, 6) is 0.759. The highest BCUT2D eigenvalue weighted by molar-refractivity contribution is 9.10. The van der Waals surface area contributed by atoms with Crippen LogP contribution in [-0.2, 0) is 6.42 Å². The van der Waals surface area contributed by atoms with Crippen LogP contribution in [0.2, 0.25) is 0 Å². The highest BCUT2D eigenvalue weighted by Crippen LogP contribution is 2.22. The molecule has 0 bridgehead atoms. The first-order valence-electron chi connectivity index (χ1n) is 8.72. The molecule has 0 aliphatic heterocycles. The third-order valence-corrected chi connectivity index (χ3v) is 4.89. The molecule has 1 atom stereocenters. The molecule has 0 saturated carbocycles. The summed E-state index contributed by atoms with van der Waals surface area (Å²) in [5.41, 5.74) is 1.45. The summed E-state index contributed by atoms with van der Waals surface area (Å²) in [6.07, 6.45) is 10.9. The highest BCUT2D eigenvalue weighted by Gasteiger charge is 2.11. The first-order chi connectivity index (χ1) is 10.3. The van der Waals surface area contributed by atoms with Crippen LogP contribution in [0, 0.1) is 5.92 Å². The predicted octanol–water partition coefficient (Wildman–Crippen LogP) is 5.97. The Balaban J connectivity index is 2.35. The van der Waals surface area contributed by atoms with Gasteiger partial charge in [0.05, 0.1) is 0 Å². The maximum absolute atomic E-state index is 3.68. The number of hydrogen-bond donors (Lipinski definition) is 1. The summed E-state index contributed by atoms with van der Waals surface area (Å²) in [6.45, 7) is 6.69. The minimum atomic E-state index is 0.759. The van der Waals surface area contributed by atoms with Crippen LogP contribution in [0.1, 0.15) is 64.4 Å². The predicted molar refractivity (Wildman–Crippen MR) is 97.9 cm³/mol. The van der Waals surface area contributed by atoms with Crippen LogP contribution in [-0.4, -0.2) is 13.1 Å². The van der Waals surface area contributed by atoms with Crippen LogP contribution < -0.4 is 5.32 Å². The van der Waals surface area contributed by atoms with E-state index < -0.39 is 0 Å². The largest absolute Gasteiger partial charge is 0.317 e. The second-order valence-electron chi connectivity index (χ2n) is 6.03. The van der Waals surface area contributed by atoms with Crippen molar-refractivity contribution in [1.82, 2.24) is 5.32 Å². The van der Waals surface area contributed by atoms with Crippen LogP contribution in [0.3, 0.4) is 0 Å². The summed E-state index contributed by atoms with van der Waals surface area (Å²) in [4.78, 5) is 0. The molecule has 0 heterocycles. The van der Waals surface area contributed by atoms with Crippen molar-refractivity contribution >= 4 is 15.9 Å². The van der Waals surface area contributed by atoms with Crippen molar-refractivity contribution in [2.45, 2.75) is 65.2 Å². The zero-order chi connectivity index (χ0) is 15.3. The van der Waals surface area contributed by atoms with E-state index in [2.05, 4.69) is 59.4 Å². The molecule has 0 aliphatic carbocycles. The molecule has 1 aromatic carbocycles. The Morgan fingerprint density at radius 2 is 1.71 bits per heavy atom. The Labute approximate surface area is 140 Å². The van der Waals surface area contributed by atoms with Gasteiger partial charge in [-0.05, 0) is 43.5 Å². The fourth-order valence-corrected chi connectivity index (χ4v) is 3.26. The summed E-state index contributed by atoms with van der Waals surface area (Å²) in [6, 6.07) is 8.66. The molecule has 1 nitrogen and oxygen atoms in total. The van der Waals surface area contributed by atoms with Gasteiger partial charge < -0.3 is 5.32 Å². The molecule has 0 spiro atoms. The first-order valence-corrected chi connectivity index (χ1v) is 9.51. The normalized spacial score (nSPS) is 12.5. The summed E-state index contributed by atoms with van der Waals surface area (Å²) >= 11 is 3.68. The second-order valence-corrected chi connectivity index (χ2v) is 6.88. The molecule has 1 rings (SSSR count). The maximum Gasteiger partial charge on any atom is 0.0207 e. The van der Waals surface area contributed by atoms with Crippen molar-refractivity contribution in [3.8, 4) is 0 Å². The molecule has 2 heteroatoms. The lowest BCUT2D eigenvalue weighted by Crippen LogP contribution is -2.24. The van der Waals surface area contributed by atoms with Crippen LogP contribution in [0.4, 0.5) is 0 Å². The van der Waals surface area contributed by atoms with Gasteiger partial charge in [-0.15, -0.1) is 0 Å². The van der Waals surface area contributed by atoms with E-state index in [1.165, 1.54) is 61.4 Å². The standard InChI is InChI=1S/C19H32BrN/c1-3-5-6-7-8-9-12-17(16-21-4-2)15-18-13-10-11-14-19(18)20/h10-11,13-14,17,21H,3-9,12,15-16H2,1-2H3. The Morgan fingerprint density at radius 3 is 2.43 bits per heavy atom. The van der Waals surface area contributed by atoms with E-state index >= 15 is 0 Å². The zero-order valence-electron chi connectivity index (χ0n) is 13.8. The summed E-state index contributed by atoms with van der Waals surface area (Å²) in [7, 11) is 0. The summed E-state index contributed by atoms with van der Waals surface area (Å²) in [5, 5.41) is 3.53. The molecular formula is C19H32BrN. The van der Waals surface area contributed by atoms with Crippen LogP contribution >= 0.6 is 15.9 Å². The number of halogens is 1. The molecule has 120 valence electrons. The number of hydrogen-bond acceptors (Lipinski definition) is 1. The van der Waals surface area contributed by atoms with Gasteiger partial charge in [-0.3, -0.25) is 0 Å². The van der Waals surface area contributed by atoms with Crippen LogP contribution in [0.15, 0.2) is 28.7 Å². The van der Waals surface area contributed by atoms with Crippen molar-refractivity contribution in [1.29, 1.82) is 0 Å². The van der Waals surface area contributed by atoms with Gasteiger partial charge in [0.15, 0.2) is 0 Å². The minimum Gasteiger partial charge on any atom is -0.317 e. The van der Waals surface area contributed by atoms with Gasteiger partial charge in [0.1, 0.15) is 0 Å². The van der Waals surface area contributed by atoms with Gasteiger partial charge in [-0.25, -0.2) is 0 Å². The molecule has 0 aromatic heterocycles. The second kappa shape index (κ2) is 12.2. The van der Waals surface area contributed by atoms with E-state index in [4.69, 9.17) is 0 Å². The van der Waals surface area contributed by atoms with E-state index in [9.17, 15) is 0 Å². The molecule has 0 radical (unpaired) electrons. The smallest absolute Gasteiger partial charge is 0.0207 e. The van der Waals surface area contributed by atoms with Gasteiger partial charge in [-0.2, -0.15) is 0 Å². The van der Waals surface area contributed by atoms with E-state index in [1.54, 1.807) is 0 Å². The lowest BCUT2D eigenvalue weighted by Gasteiger charge is -2.18. The number of rotatable bonds is 12. The SMILES string of the molecule is CCCCCCCCC(CNCC)Cc1ccccc1Br. The van der Waals surface area contributed by atoms with E-state index in [-0.39, 0.29) is 0 Å². The van der Waals surface area contributed by atoms with Gasteiger partial charge in [0.2, 0.25) is 0 Å². The monoisotopic (exact) mass is 353 g/mol. The van der Waals surface area contributed by atoms with E-state index in [0.29, 0.717) is 0 Å². The molecular weight excluding hydrogens is 322 g/mol. The molecule has 1 unspecified atom stereocenters. The van der Waals surface area contributed by atoms with Gasteiger partial charge >= 0.3 is 0 Å². The molecule has 21 heavy (non-hydrogen) atoms. The Kier molecular flexibility index (Phi) is 10.9. The van der Waals surface area contributed by atoms with E-state index in [0.717, 1.165) is 19.0 Å². The van der Waals surface area contributed by atoms with Gasteiger partial charge in [-0.1, -0.05) is 86.5 Å². The topological polar surface area (TPSA) is 12.0 Å². The quantitative estimate of drug-likeness (QED) is 0.456. The lowest BCUT2D eigenvalue weighted by atomic mass is 9.93. The number of benzene rings is 1. The van der Waals surface area contributed by atoms with Crippen LogP contribution in [0.5, 0.6) is 0 Å². The third kappa shape index (κ3) is 8.63. The average molecular weight is 354 g/mol. The van der Waals surface area contributed by atoms with Gasteiger partial charge in [0, 0.05) is 4.47 Å². The zero-order valence-corrected chi connectivity index (χ0v) is 15.4. The minimum absolute atomic E-state index is 0.759. The molecule has 0 aliphatic rings. The van der Waals surface area contributed by atoms with Crippen molar-refractivity contribution in [2.24, 2.45) is 5.92 Å². The van der Waals surface area contributed by atoms with Crippen molar-refractivity contribution in [3.63, 3.8) is 0 Å². The highest BCUT2D eigenvalue weighted by atomic mass is 79.9. The maximum atomic E-state index is 3.68. The van der Waals surface area contributed by atoms with Crippen LogP contribution in [0.25, 0.3) is 0 Å². The van der Waals surface area contributed by atoms with Gasteiger partial charge in [0.25, 0.3) is 0 Å². The first kappa shape index (κ1) is 18.7.